The summed E-state index contributed by atoms with van der Waals surface area (Å²) in [6.45, 7) is 0.590. The molecule has 0 amide bonds. The SMILES string of the molecule is Fc1ccc(Cl)c(NCc2c[nH]c3ccccc23)c1. The number of aromatic amines is 1. The fraction of sp³-hybridized carbons (Fsp3) is 0.0667. The zero-order valence-corrected chi connectivity index (χ0v) is 10.8. The van der Waals surface area contributed by atoms with Gasteiger partial charge >= 0.3 is 0 Å². The number of benzene rings is 2. The van der Waals surface area contributed by atoms with Gasteiger partial charge in [-0.3, -0.25) is 0 Å². The van der Waals surface area contributed by atoms with Crippen molar-refractivity contribution in [2.75, 3.05) is 5.32 Å². The van der Waals surface area contributed by atoms with Crippen molar-refractivity contribution >= 4 is 28.2 Å². The van der Waals surface area contributed by atoms with E-state index in [0.717, 1.165) is 16.5 Å². The molecule has 0 aliphatic heterocycles. The number of hydrogen-bond donors (Lipinski definition) is 2. The minimum Gasteiger partial charge on any atom is -0.380 e. The number of aromatic nitrogens is 1. The van der Waals surface area contributed by atoms with Crippen molar-refractivity contribution in [3.63, 3.8) is 0 Å². The molecule has 96 valence electrons. The van der Waals surface area contributed by atoms with Gasteiger partial charge in [0, 0.05) is 23.6 Å². The highest BCUT2D eigenvalue weighted by Crippen LogP contribution is 2.24. The monoisotopic (exact) mass is 274 g/mol. The van der Waals surface area contributed by atoms with Crippen LogP contribution in [-0.4, -0.2) is 4.98 Å². The smallest absolute Gasteiger partial charge is 0.125 e. The first kappa shape index (κ1) is 12.1. The quantitative estimate of drug-likeness (QED) is 0.719. The Labute approximate surface area is 115 Å². The van der Waals surface area contributed by atoms with Gasteiger partial charge in [-0.05, 0) is 29.8 Å². The summed E-state index contributed by atoms with van der Waals surface area (Å²) in [5.74, 6) is -0.300. The number of hydrogen-bond acceptors (Lipinski definition) is 1. The van der Waals surface area contributed by atoms with E-state index in [4.69, 9.17) is 11.6 Å². The van der Waals surface area contributed by atoms with Crippen LogP contribution in [0.1, 0.15) is 5.56 Å². The molecular weight excluding hydrogens is 263 g/mol. The van der Waals surface area contributed by atoms with Crippen molar-refractivity contribution in [1.82, 2.24) is 4.98 Å². The van der Waals surface area contributed by atoms with Gasteiger partial charge in [-0.2, -0.15) is 0 Å². The van der Waals surface area contributed by atoms with Crippen LogP contribution < -0.4 is 5.32 Å². The Morgan fingerprint density at radius 3 is 2.89 bits per heavy atom. The van der Waals surface area contributed by atoms with E-state index in [2.05, 4.69) is 16.4 Å². The van der Waals surface area contributed by atoms with Crippen molar-refractivity contribution in [3.8, 4) is 0 Å². The highest BCUT2D eigenvalue weighted by atomic mass is 35.5. The summed E-state index contributed by atoms with van der Waals surface area (Å²) in [4.78, 5) is 3.20. The van der Waals surface area contributed by atoms with Crippen LogP contribution in [0.3, 0.4) is 0 Å². The Balaban J connectivity index is 1.84. The van der Waals surface area contributed by atoms with Crippen molar-refractivity contribution in [1.29, 1.82) is 0 Å². The molecule has 0 saturated carbocycles. The van der Waals surface area contributed by atoms with E-state index in [1.807, 2.05) is 24.4 Å². The molecule has 0 fully saturated rings. The molecule has 4 heteroatoms. The number of H-pyrrole nitrogens is 1. The molecule has 0 saturated heterocycles. The second-order valence-corrected chi connectivity index (χ2v) is 4.74. The summed E-state index contributed by atoms with van der Waals surface area (Å²) in [6, 6.07) is 12.4. The third-order valence-electron chi connectivity index (χ3n) is 3.07. The van der Waals surface area contributed by atoms with Crippen LogP contribution in [-0.2, 0) is 6.54 Å². The van der Waals surface area contributed by atoms with E-state index in [-0.39, 0.29) is 5.82 Å². The van der Waals surface area contributed by atoms with Gasteiger partial charge in [0.2, 0.25) is 0 Å². The second kappa shape index (κ2) is 4.94. The first-order valence-corrected chi connectivity index (χ1v) is 6.36. The highest BCUT2D eigenvalue weighted by Gasteiger charge is 2.05. The van der Waals surface area contributed by atoms with Crippen molar-refractivity contribution < 1.29 is 4.39 Å². The predicted molar refractivity (Wildman–Crippen MR) is 77.0 cm³/mol. The molecule has 0 bridgehead atoms. The summed E-state index contributed by atoms with van der Waals surface area (Å²) >= 11 is 6.02. The van der Waals surface area contributed by atoms with Gasteiger partial charge in [-0.15, -0.1) is 0 Å². The summed E-state index contributed by atoms with van der Waals surface area (Å²) in [5, 5.41) is 4.83. The number of para-hydroxylation sites is 1. The van der Waals surface area contributed by atoms with Gasteiger partial charge in [0.15, 0.2) is 0 Å². The molecule has 0 spiro atoms. The van der Waals surface area contributed by atoms with Gasteiger partial charge in [0.1, 0.15) is 5.82 Å². The Morgan fingerprint density at radius 2 is 2.00 bits per heavy atom. The topological polar surface area (TPSA) is 27.8 Å². The Hall–Kier alpha value is -2.00. The van der Waals surface area contributed by atoms with Crippen LogP contribution >= 0.6 is 11.6 Å². The van der Waals surface area contributed by atoms with E-state index in [9.17, 15) is 4.39 Å². The largest absolute Gasteiger partial charge is 0.380 e. The van der Waals surface area contributed by atoms with E-state index in [1.165, 1.54) is 12.1 Å². The molecule has 19 heavy (non-hydrogen) atoms. The first-order valence-electron chi connectivity index (χ1n) is 5.98. The molecule has 0 aliphatic rings. The number of fused-ring (bicyclic) bond motifs is 1. The van der Waals surface area contributed by atoms with Crippen molar-refractivity contribution in [3.05, 3.63) is 65.1 Å². The third-order valence-corrected chi connectivity index (χ3v) is 3.40. The molecular formula is C15H12ClFN2. The molecule has 3 aromatic rings. The van der Waals surface area contributed by atoms with Gasteiger partial charge < -0.3 is 10.3 Å². The van der Waals surface area contributed by atoms with E-state index in [0.29, 0.717) is 17.3 Å². The zero-order valence-electron chi connectivity index (χ0n) is 10.1. The molecule has 2 N–H and O–H groups in total. The third kappa shape index (κ3) is 2.42. The predicted octanol–water partition coefficient (Wildman–Crippen LogP) is 4.57. The standard InChI is InChI=1S/C15H12ClFN2/c16-13-6-5-11(17)7-15(13)19-9-10-8-18-14-4-2-1-3-12(10)14/h1-8,18-19H,9H2. The lowest BCUT2D eigenvalue weighted by Gasteiger charge is -2.07. The maximum atomic E-state index is 13.2. The molecule has 0 radical (unpaired) electrons. The summed E-state index contributed by atoms with van der Waals surface area (Å²) < 4.78 is 13.2. The van der Waals surface area contributed by atoms with Crippen LogP contribution in [0.4, 0.5) is 10.1 Å². The van der Waals surface area contributed by atoms with Crippen LogP contribution in [0.25, 0.3) is 10.9 Å². The minimum atomic E-state index is -0.300. The number of anilines is 1. The second-order valence-electron chi connectivity index (χ2n) is 4.34. The normalized spacial score (nSPS) is 10.8. The number of rotatable bonds is 3. The molecule has 1 heterocycles. The van der Waals surface area contributed by atoms with Crippen LogP contribution in [0.2, 0.25) is 5.02 Å². The molecule has 1 aromatic heterocycles. The van der Waals surface area contributed by atoms with Crippen LogP contribution in [0.15, 0.2) is 48.7 Å². The van der Waals surface area contributed by atoms with Crippen LogP contribution in [0, 0.1) is 5.82 Å². The van der Waals surface area contributed by atoms with Gasteiger partial charge in [0.05, 0.1) is 10.7 Å². The lowest BCUT2D eigenvalue weighted by molar-refractivity contribution is 0.628. The average Bonchev–Trinajstić information content (AvgIpc) is 2.83. The molecule has 3 rings (SSSR count). The molecule has 0 aliphatic carbocycles. The molecule has 2 nitrogen and oxygen atoms in total. The summed E-state index contributed by atoms with van der Waals surface area (Å²) in [7, 11) is 0. The minimum absolute atomic E-state index is 0.300. The average molecular weight is 275 g/mol. The number of nitrogens with one attached hydrogen (secondary N) is 2. The van der Waals surface area contributed by atoms with Crippen LogP contribution in [0.5, 0.6) is 0 Å². The van der Waals surface area contributed by atoms with E-state index in [1.54, 1.807) is 6.07 Å². The van der Waals surface area contributed by atoms with Gasteiger partial charge in [-0.1, -0.05) is 29.8 Å². The highest BCUT2D eigenvalue weighted by molar-refractivity contribution is 6.33. The summed E-state index contributed by atoms with van der Waals surface area (Å²) in [6.07, 6.45) is 1.95. The van der Waals surface area contributed by atoms with E-state index >= 15 is 0 Å². The molecule has 0 atom stereocenters. The Bertz CT molecular complexity index is 721. The van der Waals surface area contributed by atoms with Gasteiger partial charge in [-0.25, -0.2) is 4.39 Å². The fourth-order valence-corrected chi connectivity index (χ4v) is 2.29. The number of halogens is 2. The first-order chi connectivity index (χ1) is 9.24. The zero-order chi connectivity index (χ0) is 13.2. The van der Waals surface area contributed by atoms with Gasteiger partial charge in [0.25, 0.3) is 0 Å². The maximum Gasteiger partial charge on any atom is 0.125 e. The molecule has 2 aromatic carbocycles. The Kier molecular flexibility index (Phi) is 3.13. The lowest BCUT2D eigenvalue weighted by Crippen LogP contribution is -1.99. The van der Waals surface area contributed by atoms with Crippen molar-refractivity contribution in [2.24, 2.45) is 0 Å². The molecule has 0 unspecified atom stereocenters. The Morgan fingerprint density at radius 1 is 1.16 bits per heavy atom. The fourth-order valence-electron chi connectivity index (χ4n) is 2.10. The van der Waals surface area contributed by atoms with Crippen molar-refractivity contribution in [2.45, 2.75) is 6.54 Å². The van der Waals surface area contributed by atoms with E-state index < -0.39 is 0 Å². The summed E-state index contributed by atoms with van der Waals surface area (Å²) in [5.41, 5.74) is 2.81. The lowest BCUT2D eigenvalue weighted by atomic mass is 10.2. The maximum absolute atomic E-state index is 13.2.